The molecule has 0 saturated carbocycles. The van der Waals surface area contributed by atoms with Gasteiger partial charge >= 0.3 is 0 Å². The van der Waals surface area contributed by atoms with Crippen molar-refractivity contribution < 1.29 is 9.53 Å². The fourth-order valence-corrected chi connectivity index (χ4v) is 2.79. The van der Waals surface area contributed by atoms with Crippen molar-refractivity contribution in [3.8, 4) is 0 Å². The van der Waals surface area contributed by atoms with Crippen molar-refractivity contribution in [1.82, 2.24) is 15.3 Å². The lowest BCUT2D eigenvalue weighted by Gasteiger charge is -2.31. The van der Waals surface area contributed by atoms with Gasteiger partial charge in [-0.3, -0.25) is 14.8 Å². The van der Waals surface area contributed by atoms with Crippen molar-refractivity contribution >= 4 is 5.91 Å². The summed E-state index contributed by atoms with van der Waals surface area (Å²) in [6.45, 7) is 1.47. The molecule has 0 aromatic carbocycles. The van der Waals surface area contributed by atoms with E-state index in [1.54, 1.807) is 24.5 Å². The number of nitrogens with zero attached hydrogens (tertiary/aromatic N) is 2. The Morgan fingerprint density at radius 2 is 2.05 bits per heavy atom. The largest absolute Gasteiger partial charge is 0.381 e. The van der Waals surface area contributed by atoms with Crippen LogP contribution in [0.25, 0.3) is 0 Å². The fourth-order valence-electron chi connectivity index (χ4n) is 2.79. The van der Waals surface area contributed by atoms with Gasteiger partial charge in [-0.1, -0.05) is 12.1 Å². The van der Waals surface area contributed by atoms with Crippen molar-refractivity contribution in [3.63, 3.8) is 0 Å². The number of nitrogens with one attached hydrogen (secondary N) is 1. The van der Waals surface area contributed by atoms with E-state index in [0.29, 0.717) is 11.6 Å². The Morgan fingerprint density at radius 1 is 1.18 bits per heavy atom. The zero-order valence-electron chi connectivity index (χ0n) is 12.3. The Bertz CT molecular complexity index is 598. The van der Waals surface area contributed by atoms with Crippen LogP contribution < -0.4 is 5.32 Å². The summed E-state index contributed by atoms with van der Waals surface area (Å²) in [5.74, 6) is 0.201. The van der Waals surface area contributed by atoms with Crippen LogP contribution in [0.2, 0.25) is 0 Å². The van der Waals surface area contributed by atoms with Gasteiger partial charge in [-0.2, -0.15) is 0 Å². The number of hydrogen-bond acceptors (Lipinski definition) is 4. The molecule has 5 nitrogen and oxygen atoms in total. The third kappa shape index (κ3) is 3.49. The maximum Gasteiger partial charge on any atom is 0.270 e. The summed E-state index contributed by atoms with van der Waals surface area (Å²) in [6.07, 6.45) is 7.05. The average molecular weight is 297 g/mol. The van der Waals surface area contributed by atoms with Crippen LogP contribution in [-0.2, 0) is 4.74 Å². The van der Waals surface area contributed by atoms with Crippen LogP contribution in [0.4, 0.5) is 0 Å². The second-order valence-corrected chi connectivity index (χ2v) is 5.40. The second kappa shape index (κ2) is 7.13. The Morgan fingerprint density at radius 3 is 2.73 bits per heavy atom. The summed E-state index contributed by atoms with van der Waals surface area (Å²) in [6, 6.07) is 9.18. The topological polar surface area (TPSA) is 64.1 Å². The van der Waals surface area contributed by atoms with E-state index in [9.17, 15) is 4.79 Å². The summed E-state index contributed by atoms with van der Waals surface area (Å²) >= 11 is 0. The minimum Gasteiger partial charge on any atom is -0.381 e. The molecule has 5 heteroatoms. The highest BCUT2D eigenvalue weighted by Crippen LogP contribution is 2.29. The number of aromatic nitrogens is 2. The first-order valence-corrected chi connectivity index (χ1v) is 7.54. The Labute approximate surface area is 129 Å². The molecule has 1 atom stereocenters. The molecule has 1 fully saturated rings. The van der Waals surface area contributed by atoms with Crippen molar-refractivity contribution in [2.75, 3.05) is 13.2 Å². The Hall–Kier alpha value is -2.27. The highest BCUT2D eigenvalue weighted by atomic mass is 16.5. The van der Waals surface area contributed by atoms with E-state index >= 15 is 0 Å². The number of carbonyl (C=O) groups excluding carboxylic acids is 1. The van der Waals surface area contributed by atoms with Crippen molar-refractivity contribution in [2.24, 2.45) is 5.92 Å². The number of rotatable bonds is 4. The molecule has 0 aliphatic carbocycles. The van der Waals surface area contributed by atoms with Crippen molar-refractivity contribution in [2.45, 2.75) is 18.9 Å². The van der Waals surface area contributed by atoms with Gasteiger partial charge in [0.05, 0.1) is 6.04 Å². The number of ether oxygens (including phenoxy) is 1. The first kappa shape index (κ1) is 14.7. The van der Waals surface area contributed by atoms with Gasteiger partial charge in [0, 0.05) is 31.8 Å². The molecular weight excluding hydrogens is 278 g/mol. The van der Waals surface area contributed by atoms with Crippen molar-refractivity contribution in [3.05, 3.63) is 60.2 Å². The smallest absolute Gasteiger partial charge is 0.270 e. The Balaban J connectivity index is 1.81. The van der Waals surface area contributed by atoms with Gasteiger partial charge in [0.15, 0.2) is 0 Å². The number of amides is 1. The highest BCUT2D eigenvalue weighted by molar-refractivity contribution is 5.92. The van der Waals surface area contributed by atoms with E-state index in [2.05, 4.69) is 15.3 Å². The molecule has 1 saturated heterocycles. The highest BCUT2D eigenvalue weighted by Gasteiger charge is 2.27. The minimum absolute atomic E-state index is 0.0629. The molecule has 0 radical (unpaired) electrons. The lowest BCUT2D eigenvalue weighted by atomic mass is 9.87. The van der Waals surface area contributed by atoms with Crippen LogP contribution in [0, 0.1) is 5.92 Å². The third-order valence-electron chi connectivity index (χ3n) is 3.97. The van der Waals surface area contributed by atoms with E-state index in [1.807, 2.05) is 24.4 Å². The summed E-state index contributed by atoms with van der Waals surface area (Å²) in [7, 11) is 0. The molecule has 1 aliphatic rings. The summed E-state index contributed by atoms with van der Waals surface area (Å²) in [5, 5.41) is 3.12. The third-order valence-corrected chi connectivity index (χ3v) is 3.97. The van der Waals surface area contributed by atoms with Gasteiger partial charge in [-0.15, -0.1) is 0 Å². The lowest BCUT2D eigenvalue weighted by molar-refractivity contribution is 0.0513. The fraction of sp³-hybridized carbons (Fsp3) is 0.353. The first-order valence-electron chi connectivity index (χ1n) is 7.54. The molecule has 1 unspecified atom stereocenters. The molecule has 1 N–H and O–H groups in total. The predicted octanol–water partition coefficient (Wildman–Crippen LogP) is 2.37. The van der Waals surface area contributed by atoms with Gasteiger partial charge < -0.3 is 10.1 Å². The van der Waals surface area contributed by atoms with Gasteiger partial charge in [-0.05, 0) is 42.5 Å². The molecule has 2 aromatic rings. The van der Waals surface area contributed by atoms with Crippen molar-refractivity contribution in [1.29, 1.82) is 0 Å². The lowest BCUT2D eigenvalue weighted by Crippen LogP contribution is -2.36. The molecule has 0 bridgehead atoms. The van der Waals surface area contributed by atoms with Gasteiger partial charge in [0.25, 0.3) is 5.91 Å². The summed E-state index contributed by atoms with van der Waals surface area (Å²) in [5.41, 5.74) is 1.46. The zero-order valence-corrected chi connectivity index (χ0v) is 12.3. The molecule has 2 aromatic heterocycles. The SMILES string of the molecule is O=C(NC(c1cccnc1)C1CCOCC1)c1ccccn1. The molecule has 114 valence electrons. The molecule has 1 aliphatic heterocycles. The van der Waals surface area contributed by atoms with E-state index < -0.39 is 0 Å². The van der Waals surface area contributed by atoms with E-state index in [4.69, 9.17) is 4.74 Å². The van der Waals surface area contributed by atoms with Crippen LogP contribution in [0.5, 0.6) is 0 Å². The molecule has 0 spiro atoms. The number of hydrogen-bond donors (Lipinski definition) is 1. The molecular formula is C17H19N3O2. The van der Waals surface area contributed by atoms with Crippen LogP contribution >= 0.6 is 0 Å². The van der Waals surface area contributed by atoms with Gasteiger partial charge in [-0.25, -0.2) is 0 Å². The van der Waals surface area contributed by atoms with Crippen LogP contribution in [-0.4, -0.2) is 29.1 Å². The van der Waals surface area contributed by atoms with E-state index in [1.165, 1.54) is 0 Å². The van der Waals surface area contributed by atoms with Crippen LogP contribution in [0.3, 0.4) is 0 Å². The standard InChI is InChI=1S/C17H19N3O2/c21-17(15-5-1-2-9-19-15)20-16(13-6-10-22-11-7-13)14-4-3-8-18-12-14/h1-5,8-9,12-13,16H,6-7,10-11H2,(H,20,21). The summed E-state index contributed by atoms with van der Waals surface area (Å²) < 4.78 is 5.43. The molecule has 22 heavy (non-hydrogen) atoms. The molecule has 3 heterocycles. The predicted molar refractivity (Wildman–Crippen MR) is 82.2 cm³/mol. The van der Waals surface area contributed by atoms with Crippen LogP contribution in [0.1, 0.15) is 34.9 Å². The molecule has 3 rings (SSSR count). The first-order chi connectivity index (χ1) is 10.8. The normalized spacial score (nSPS) is 16.9. The monoisotopic (exact) mass is 297 g/mol. The Kier molecular flexibility index (Phi) is 4.75. The number of carbonyl (C=O) groups is 1. The minimum atomic E-state index is -0.152. The zero-order chi connectivity index (χ0) is 15.2. The second-order valence-electron chi connectivity index (χ2n) is 5.40. The van der Waals surface area contributed by atoms with E-state index in [0.717, 1.165) is 31.6 Å². The van der Waals surface area contributed by atoms with E-state index in [-0.39, 0.29) is 11.9 Å². The quantitative estimate of drug-likeness (QED) is 0.941. The maximum atomic E-state index is 12.4. The molecule has 1 amide bonds. The van der Waals surface area contributed by atoms with Gasteiger partial charge in [0.1, 0.15) is 5.69 Å². The van der Waals surface area contributed by atoms with Crippen LogP contribution in [0.15, 0.2) is 48.9 Å². The number of pyridine rings is 2. The average Bonchev–Trinajstić information content (AvgIpc) is 2.62. The summed E-state index contributed by atoms with van der Waals surface area (Å²) in [4.78, 5) is 20.7. The van der Waals surface area contributed by atoms with Gasteiger partial charge in [0.2, 0.25) is 0 Å². The maximum absolute atomic E-state index is 12.4.